The molecule has 3 rings (SSSR count). The summed E-state index contributed by atoms with van der Waals surface area (Å²) in [7, 11) is 1.85. The van der Waals surface area contributed by atoms with Crippen molar-refractivity contribution in [2.75, 3.05) is 0 Å². The zero-order chi connectivity index (χ0) is 15.7. The lowest BCUT2D eigenvalue weighted by molar-refractivity contribution is 0.0943. The summed E-state index contributed by atoms with van der Waals surface area (Å²) in [5.41, 5.74) is 2.45. The maximum Gasteiger partial charge on any atom is 0.268 e. The van der Waals surface area contributed by atoms with E-state index < -0.39 is 0 Å². The molecule has 0 saturated heterocycles. The number of nitrogens with zero attached hydrogens (tertiary/aromatic N) is 2. The second-order valence-electron chi connectivity index (χ2n) is 4.96. The minimum atomic E-state index is -0.134. The molecular formula is C16H13BrClN3O. The Morgan fingerprint density at radius 3 is 2.91 bits per heavy atom. The van der Waals surface area contributed by atoms with Gasteiger partial charge in [-0.25, -0.2) is 0 Å². The molecule has 0 atom stereocenters. The van der Waals surface area contributed by atoms with Gasteiger partial charge < -0.3 is 9.88 Å². The number of rotatable bonds is 3. The molecule has 1 aromatic carbocycles. The van der Waals surface area contributed by atoms with Gasteiger partial charge in [-0.3, -0.25) is 9.78 Å². The zero-order valence-corrected chi connectivity index (χ0v) is 14.1. The first-order chi connectivity index (χ1) is 10.6. The molecule has 0 saturated carbocycles. The van der Waals surface area contributed by atoms with Crippen molar-refractivity contribution in [3.63, 3.8) is 0 Å². The Morgan fingerprint density at radius 2 is 2.18 bits per heavy atom. The largest absolute Gasteiger partial charge is 0.347 e. The maximum atomic E-state index is 12.4. The smallest absolute Gasteiger partial charge is 0.268 e. The molecule has 0 unspecified atom stereocenters. The van der Waals surface area contributed by atoms with E-state index in [1.807, 2.05) is 35.9 Å². The van der Waals surface area contributed by atoms with Crippen LogP contribution in [0.4, 0.5) is 0 Å². The number of nitrogens with one attached hydrogen (secondary N) is 1. The van der Waals surface area contributed by atoms with Gasteiger partial charge in [-0.05, 0) is 39.7 Å². The third-order valence-electron chi connectivity index (χ3n) is 3.50. The summed E-state index contributed by atoms with van der Waals surface area (Å²) in [5, 5.41) is 4.53. The van der Waals surface area contributed by atoms with Crippen molar-refractivity contribution in [3.05, 3.63) is 63.5 Å². The van der Waals surface area contributed by atoms with Crippen LogP contribution in [0.3, 0.4) is 0 Å². The molecule has 0 aliphatic rings. The SMILES string of the molecule is Cn1c(C(=O)NCc2cccc(Cl)c2)cc2c(Br)cncc21. The first-order valence-corrected chi connectivity index (χ1v) is 7.85. The number of benzene rings is 1. The average molecular weight is 379 g/mol. The fraction of sp³-hybridized carbons (Fsp3) is 0.125. The summed E-state index contributed by atoms with van der Waals surface area (Å²) in [4.78, 5) is 16.5. The molecular weight excluding hydrogens is 366 g/mol. The van der Waals surface area contributed by atoms with Gasteiger partial charge in [0.05, 0.1) is 11.7 Å². The van der Waals surface area contributed by atoms with Crippen molar-refractivity contribution in [2.24, 2.45) is 7.05 Å². The summed E-state index contributed by atoms with van der Waals surface area (Å²) in [6, 6.07) is 9.29. The Hall–Kier alpha value is -1.85. The Morgan fingerprint density at radius 1 is 1.36 bits per heavy atom. The van der Waals surface area contributed by atoms with E-state index in [0.29, 0.717) is 17.3 Å². The minimum Gasteiger partial charge on any atom is -0.347 e. The highest BCUT2D eigenvalue weighted by Gasteiger charge is 2.14. The van der Waals surface area contributed by atoms with Crippen LogP contribution in [0.2, 0.25) is 5.02 Å². The number of aromatic nitrogens is 2. The van der Waals surface area contributed by atoms with Gasteiger partial charge >= 0.3 is 0 Å². The van der Waals surface area contributed by atoms with Gasteiger partial charge in [-0.15, -0.1) is 0 Å². The number of carbonyl (C=O) groups is 1. The fourth-order valence-electron chi connectivity index (χ4n) is 2.35. The van der Waals surface area contributed by atoms with E-state index in [9.17, 15) is 4.79 Å². The van der Waals surface area contributed by atoms with Crippen LogP contribution in [0.25, 0.3) is 10.9 Å². The molecule has 4 nitrogen and oxygen atoms in total. The summed E-state index contributed by atoms with van der Waals surface area (Å²) >= 11 is 9.40. The third-order valence-corrected chi connectivity index (χ3v) is 4.36. The van der Waals surface area contributed by atoms with Gasteiger partial charge in [0.1, 0.15) is 5.69 Å². The highest BCUT2D eigenvalue weighted by molar-refractivity contribution is 9.10. The Labute approximate surface area is 141 Å². The van der Waals surface area contributed by atoms with E-state index in [-0.39, 0.29) is 5.91 Å². The molecule has 112 valence electrons. The molecule has 0 bridgehead atoms. The molecule has 0 aliphatic carbocycles. The van der Waals surface area contributed by atoms with Crippen LogP contribution >= 0.6 is 27.5 Å². The lowest BCUT2D eigenvalue weighted by atomic mass is 10.2. The van der Waals surface area contributed by atoms with Crippen molar-refractivity contribution < 1.29 is 4.79 Å². The number of amides is 1. The number of halogens is 2. The quantitative estimate of drug-likeness (QED) is 0.751. The van der Waals surface area contributed by atoms with E-state index >= 15 is 0 Å². The molecule has 22 heavy (non-hydrogen) atoms. The lowest BCUT2D eigenvalue weighted by Gasteiger charge is -2.07. The number of aryl methyl sites for hydroxylation is 1. The molecule has 3 aromatic rings. The van der Waals surface area contributed by atoms with Gasteiger partial charge in [0.2, 0.25) is 0 Å². The third kappa shape index (κ3) is 2.87. The van der Waals surface area contributed by atoms with Crippen LogP contribution in [0, 0.1) is 0 Å². The highest BCUT2D eigenvalue weighted by atomic mass is 79.9. The maximum absolute atomic E-state index is 12.4. The van der Waals surface area contributed by atoms with Gasteiger partial charge in [0, 0.05) is 34.7 Å². The second kappa shape index (κ2) is 6.10. The average Bonchev–Trinajstić information content (AvgIpc) is 2.84. The van der Waals surface area contributed by atoms with Crippen LogP contribution < -0.4 is 5.32 Å². The summed E-state index contributed by atoms with van der Waals surface area (Å²) in [5.74, 6) is -0.134. The van der Waals surface area contributed by atoms with Gasteiger partial charge in [0.15, 0.2) is 0 Å². The van der Waals surface area contributed by atoms with Gasteiger partial charge in [-0.1, -0.05) is 23.7 Å². The van der Waals surface area contributed by atoms with Crippen molar-refractivity contribution in [2.45, 2.75) is 6.54 Å². The molecule has 0 spiro atoms. The highest BCUT2D eigenvalue weighted by Crippen LogP contribution is 2.25. The molecule has 2 aromatic heterocycles. The van der Waals surface area contributed by atoms with E-state index in [0.717, 1.165) is 20.9 Å². The van der Waals surface area contributed by atoms with E-state index in [2.05, 4.69) is 26.2 Å². The molecule has 0 fully saturated rings. The normalized spacial score (nSPS) is 10.9. The minimum absolute atomic E-state index is 0.134. The standard InChI is InChI=1S/C16H13BrClN3O/c1-21-14(6-12-13(17)8-19-9-15(12)21)16(22)20-7-10-3-2-4-11(18)5-10/h2-6,8-9H,7H2,1H3,(H,20,22). The van der Waals surface area contributed by atoms with E-state index in [1.54, 1.807) is 18.5 Å². The summed E-state index contributed by atoms with van der Waals surface area (Å²) in [6.07, 6.45) is 3.46. The monoisotopic (exact) mass is 377 g/mol. The van der Waals surface area contributed by atoms with Crippen molar-refractivity contribution in [1.82, 2.24) is 14.9 Å². The van der Waals surface area contributed by atoms with E-state index in [1.165, 1.54) is 0 Å². The second-order valence-corrected chi connectivity index (χ2v) is 6.25. The molecule has 1 amide bonds. The van der Waals surface area contributed by atoms with Crippen molar-refractivity contribution >= 4 is 44.3 Å². The van der Waals surface area contributed by atoms with Gasteiger partial charge in [-0.2, -0.15) is 0 Å². The molecule has 0 radical (unpaired) electrons. The molecule has 0 aliphatic heterocycles. The van der Waals surface area contributed by atoms with Crippen molar-refractivity contribution in [3.8, 4) is 0 Å². The van der Waals surface area contributed by atoms with Crippen LogP contribution in [0.5, 0.6) is 0 Å². The van der Waals surface area contributed by atoms with Crippen LogP contribution in [0.1, 0.15) is 16.1 Å². The fourth-order valence-corrected chi connectivity index (χ4v) is 2.99. The first kappa shape index (κ1) is 15.1. The number of hydrogen-bond donors (Lipinski definition) is 1. The summed E-state index contributed by atoms with van der Waals surface area (Å²) in [6.45, 7) is 0.431. The van der Waals surface area contributed by atoms with Crippen molar-refractivity contribution in [1.29, 1.82) is 0 Å². The number of pyridine rings is 1. The zero-order valence-electron chi connectivity index (χ0n) is 11.8. The van der Waals surface area contributed by atoms with Crippen LogP contribution in [-0.2, 0) is 13.6 Å². The first-order valence-electron chi connectivity index (χ1n) is 6.68. The Bertz CT molecular complexity index is 860. The topological polar surface area (TPSA) is 46.9 Å². The van der Waals surface area contributed by atoms with E-state index in [4.69, 9.17) is 11.6 Å². The lowest BCUT2D eigenvalue weighted by Crippen LogP contribution is -2.24. The Balaban J connectivity index is 1.83. The summed E-state index contributed by atoms with van der Waals surface area (Å²) < 4.78 is 2.70. The number of carbonyl (C=O) groups excluding carboxylic acids is 1. The predicted molar refractivity (Wildman–Crippen MR) is 91.0 cm³/mol. The molecule has 6 heteroatoms. The van der Waals surface area contributed by atoms with Crippen LogP contribution in [0.15, 0.2) is 47.2 Å². The van der Waals surface area contributed by atoms with Crippen LogP contribution in [-0.4, -0.2) is 15.5 Å². The van der Waals surface area contributed by atoms with Gasteiger partial charge in [0.25, 0.3) is 5.91 Å². The number of fused-ring (bicyclic) bond motifs is 1. The predicted octanol–water partition coefficient (Wildman–Crippen LogP) is 3.92. The molecule has 1 N–H and O–H groups in total. The molecule has 2 heterocycles. The Kier molecular flexibility index (Phi) is 4.18. The number of hydrogen-bond acceptors (Lipinski definition) is 2.